The third-order valence-corrected chi connectivity index (χ3v) is 4.48. The maximum Gasteiger partial charge on any atom is 0.310 e. The van der Waals surface area contributed by atoms with Crippen molar-refractivity contribution in [3.8, 4) is 0 Å². The predicted molar refractivity (Wildman–Crippen MR) is 90.2 cm³/mol. The van der Waals surface area contributed by atoms with Gasteiger partial charge in [0.2, 0.25) is 0 Å². The summed E-state index contributed by atoms with van der Waals surface area (Å²) in [6, 6.07) is 0. The Bertz CT molecular complexity index is 308. The lowest BCUT2D eigenvalue weighted by Gasteiger charge is -2.36. The zero-order valence-electron chi connectivity index (χ0n) is 14.9. The first kappa shape index (κ1) is 19.8. The van der Waals surface area contributed by atoms with Gasteiger partial charge >= 0.3 is 5.97 Å². The van der Waals surface area contributed by atoms with E-state index >= 15 is 0 Å². The predicted octanol–water partition coefficient (Wildman–Crippen LogP) is 5.16. The summed E-state index contributed by atoms with van der Waals surface area (Å²) in [6.45, 7) is 19.0. The van der Waals surface area contributed by atoms with Crippen LogP contribution in [0.5, 0.6) is 0 Å². The molecule has 0 aromatic rings. The summed E-state index contributed by atoms with van der Waals surface area (Å²) in [5, 5.41) is 0. The molecule has 0 bridgehead atoms. The number of ether oxygens (including phenoxy) is 1. The van der Waals surface area contributed by atoms with E-state index in [9.17, 15) is 4.79 Å². The molecule has 0 aliphatic carbocycles. The molecule has 20 heavy (non-hydrogen) atoms. The number of carbonyl (C=O) groups excluding carboxylic acids is 1. The van der Waals surface area contributed by atoms with Crippen LogP contribution in [0.25, 0.3) is 0 Å². The molecule has 0 aliphatic rings. The summed E-state index contributed by atoms with van der Waals surface area (Å²) in [5.41, 5.74) is -0.337. The largest absolute Gasteiger partial charge is 0.459 e. The molecule has 0 saturated heterocycles. The lowest BCUT2D eigenvalue weighted by Crippen LogP contribution is -2.39. The van der Waals surface area contributed by atoms with E-state index in [2.05, 4.69) is 48.5 Å². The molecule has 3 heteroatoms. The Morgan fingerprint density at radius 2 is 1.55 bits per heavy atom. The van der Waals surface area contributed by atoms with Crippen LogP contribution < -0.4 is 0 Å². The number of hydrogen-bond donors (Lipinski definition) is 0. The van der Waals surface area contributed by atoms with Gasteiger partial charge in [-0.05, 0) is 36.9 Å². The lowest BCUT2D eigenvalue weighted by atomic mass is 9.72. The van der Waals surface area contributed by atoms with Gasteiger partial charge in [0.1, 0.15) is 5.60 Å². The molecule has 1 atom stereocenters. The number of rotatable bonds is 6. The summed E-state index contributed by atoms with van der Waals surface area (Å²) in [4.78, 5) is 12.6. The average Bonchev–Trinajstić information content (AvgIpc) is 2.19. The van der Waals surface area contributed by atoms with E-state index in [4.69, 9.17) is 4.74 Å². The van der Waals surface area contributed by atoms with Gasteiger partial charge in [-0.25, -0.2) is 0 Å². The van der Waals surface area contributed by atoms with E-state index in [0.717, 1.165) is 17.9 Å². The van der Waals surface area contributed by atoms with Crippen LogP contribution in [0.2, 0.25) is 0 Å². The number of thioether (sulfide) groups is 1. The molecule has 0 saturated carbocycles. The molecule has 2 nitrogen and oxygen atoms in total. The van der Waals surface area contributed by atoms with Crippen molar-refractivity contribution in [3.05, 3.63) is 0 Å². The minimum atomic E-state index is -0.390. The SMILES string of the molecule is CCSCC(C)(C)OC(=O)C(CC(C)(C)C)C(C)(C)C. The van der Waals surface area contributed by atoms with Crippen molar-refractivity contribution in [2.45, 2.75) is 74.3 Å². The zero-order valence-corrected chi connectivity index (χ0v) is 15.7. The molecule has 0 radical (unpaired) electrons. The van der Waals surface area contributed by atoms with E-state index in [-0.39, 0.29) is 28.3 Å². The van der Waals surface area contributed by atoms with Crippen molar-refractivity contribution in [2.75, 3.05) is 11.5 Å². The normalized spacial score (nSPS) is 15.1. The fraction of sp³-hybridized carbons (Fsp3) is 0.941. The first-order chi connectivity index (χ1) is 8.78. The van der Waals surface area contributed by atoms with Gasteiger partial charge in [0, 0.05) is 5.75 Å². The second-order valence-electron chi connectivity index (χ2n) is 8.50. The summed E-state index contributed by atoms with van der Waals surface area (Å²) in [7, 11) is 0. The second kappa shape index (κ2) is 7.20. The van der Waals surface area contributed by atoms with Crippen molar-refractivity contribution < 1.29 is 9.53 Å². The molecule has 0 heterocycles. The Morgan fingerprint density at radius 1 is 1.05 bits per heavy atom. The topological polar surface area (TPSA) is 26.3 Å². The number of esters is 1. The van der Waals surface area contributed by atoms with Crippen LogP contribution in [0.15, 0.2) is 0 Å². The fourth-order valence-electron chi connectivity index (χ4n) is 2.08. The molecule has 0 fully saturated rings. The Kier molecular flexibility index (Phi) is 7.13. The molecule has 0 N–H and O–H groups in total. The third-order valence-electron chi connectivity index (χ3n) is 3.18. The quantitative estimate of drug-likeness (QED) is 0.634. The van der Waals surface area contributed by atoms with Crippen molar-refractivity contribution in [3.63, 3.8) is 0 Å². The van der Waals surface area contributed by atoms with Crippen LogP contribution in [-0.4, -0.2) is 23.1 Å². The Morgan fingerprint density at radius 3 is 1.90 bits per heavy atom. The van der Waals surface area contributed by atoms with Crippen LogP contribution in [0, 0.1) is 16.7 Å². The van der Waals surface area contributed by atoms with E-state index in [0.29, 0.717) is 0 Å². The maximum atomic E-state index is 12.6. The van der Waals surface area contributed by atoms with Crippen LogP contribution in [0.4, 0.5) is 0 Å². The van der Waals surface area contributed by atoms with Gasteiger partial charge < -0.3 is 4.74 Å². The van der Waals surface area contributed by atoms with Gasteiger partial charge in [-0.3, -0.25) is 4.79 Å². The number of hydrogen-bond acceptors (Lipinski definition) is 3. The molecule has 0 aromatic heterocycles. The van der Waals surface area contributed by atoms with Crippen LogP contribution >= 0.6 is 11.8 Å². The molecular weight excluding hydrogens is 268 g/mol. The lowest BCUT2D eigenvalue weighted by molar-refractivity contribution is -0.165. The summed E-state index contributed by atoms with van der Waals surface area (Å²) in [6.07, 6.45) is 0.854. The van der Waals surface area contributed by atoms with Gasteiger partial charge in [-0.15, -0.1) is 0 Å². The smallest absolute Gasteiger partial charge is 0.310 e. The second-order valence-corrected chi connectivity index (χ2v) is 9.78. The van der Waals surface area contributed by atoms with Gasteiger partial charge in [0.15, 0.2) is 0 Å². The van der Waals surface area contributed by atoms with E-state index < -0.39 is 0 Å². The van der Waals surface area contributed by atoms with Gasteiger partial charge in [-0.2, -0.15) is 11.8 Å². The minimum absolute atomic E-state index is 0.0471. The zero-order chi connectivity index (χ0) is 16.2. The molecular formula is C17H34O2S. The third kappa shape index (κ3) is 8.18. The highest BCUT2D eigenvalue weighted by Gasteiger charge is 2.38. The fourth-order valence-corrected chi connectivity index (χ4v) is 2.83. The highest BCUT2D eigenvalue weighted by Crippen LogP contribution is 2.37. The van der Waals surface area contributed by atoms with Gasteiger partial charge in [0.05, 0.1) is 5.92 Å². The molecule has 0 aromatic carbocycles. The highest BCUT2D eigenvalue weighted by atomic mass is 32.2. The van der Waals surface area contributed by atoms with Crippen molar-refractivity contribution in [1.29, 1.82) is 0 Å². The van der Waals surface area contributed by atoms with Crippen LogP contribution in [-0.2, 0) is 9.53 Å². The van der Waals surface area contributed by atoms with Gasteiger partial charge in [0.25, 0.3) is 0 Å². The molecule has 1 unspecified atom stereocenters. The molecule has 0 amide bonds. The Hall–Kier alpha value is -0.180. The standard InChI is InChI=1S/C17H34O2S/c1-10-20-12-17(8,9)19-14(18)13(16(5,6)7)11-15(2,3)4/h13H,10-12H2,1-9H3. The monoisotopic (exact) mass is 302 g/mol. The van der Waals surface area contributed by atoms with E-state index in [1.54, 1.807) is 0 Å². The minimum Gasteiger partial charge on any atom is -0.459 e. The summed E-state index contributed by atoms with van der Waals surface area (Å²) >= 11 is 1.81. The Labute approximate surface area is 130 Å². The Balaban J connectivity index is 4.89. The highest BCUT2D eigenvalue weighted by molar-refractivity contribution is 7.99. The van der Waals surface area contributed by atoms with Crippen LogP contribution in [0.3, 0.4) is 0 Å². The molecule has 120 valence electrons. The van der Waals surface area contributed by atoms with E-state index in [1.165, 1.54) is 0 Å². The first-order valence-electron chi connectivity index (χ1n) is 7.59. The molecule has 0 aliphatic heterocycles. The van der Waals surface area contributed by atoms with Crippen LogP contribution in [0.1, 0.15) is 68.7 Å². The van der Waals surface area contributed by atoms with Crippen molar-refractivity contribution >= 4 is 17.7 Å². The average molecular weight is 303 g/mol. The van der Waals surface area contributed by atoms with E-state index in [1.807, 2.05) is 25.6 Å². The summed E-state index contributed by atoms with van der Waals surface area (Å²) < 4.78 is 5.81. The maximum absolute atomic E-state index is 12.6. The molecule has 0 rings (SSSR count). The molecule has 0 spiro atoms. The van der Waals surface area contributed by atoms with Crippen molar-refractivity contribution in [1.82, 2.24) is 0 Å². The first-order valence-corrected chi connectivity index (χ1v) is 8.74. The number of carbonyl (C=O) groups is 1. The van der Waals surface area contributed by atoms with Crippen molar-refractivity contribution in [2.24, 2.45) is 16.7 Å². The van der Waals surface area contributed by atoms with Gasteiger partial charge in [-0.1, -0.05) is 48.5 Å². The summed E-state index contributed by atoms with van der Waals surface area (Å²) in [5.74, 6) is 1.79.